The molecule has 2 heterocycles. The van der Waals surface area contributed by atoms with Gasteiger partial charge in [0.25, 0.3) is 0 Å². The molecule has 1 N–H and O–H groups in total. The van der Waals surface area contributed by atoms with Gasteiger partial charge in [0.1, 0.15) is 0 Å². The number of methoxy groups -OCH3 is 1. The minimum atomic E-state index is -0.367. The van der Waals surface area contributed by atoms with E-state index in [4.69, 9.17) is 9.47 Å². The van der Waals surface area contributed by atoms with Crippen LogP contribution in [0.3, 0.4) is 0 Å². The molecule has 0 spiro atoms. The molecule has 2 atom stereocenters. The number of carbonyl (C=O) groups is 2. The first kappa shape index (κ1) is 17.5. The van der Waals surface area contributed by atoms with Crippen LogP contribution in [0.5, 0.6) is 0 Å². The molecule has 2 unspecified atom stereocenters. The summed E-state index contributed by atoms with van der Waals surface area (Å²) in [6.07, 6.45) is 2.39. The van der Waals surface area contributed by atoms with Gasteiger partial charge in [-0.05, 0) is 31.7 Å². The van der Waals surface area contributed by atoms with Crippen molar-refractivity contribution in [2.24, 2.45) is 0 Å². The maximum Gasteiger partial charge on any atom is 0.337 e. The second kappa shape index (κ2) is 7.70. The first-order valence-corrected chi connectivity index (χ1v) is 8.62. The Bertz CT molecular complexity index is 671. The van der Waals surface area contributed by atoms with Gasteiger partial charge in [0.2, 0.25) is 0 Å². The predicted octanol–water partition coefficient (Wildman–Crippen LogP) is 2.60. The molecule has 2 aliphatic heterocycles. The van der Waals surface area contributed by atoms with Gasteiger partial charge < -0.3 is 19.7 Å². The normalized spacial score (nSPS) is 22.6. The largest absolute Gasteiger partial charge is 0.466 e. The Morgan fingerprint density at radius 3 is 2.76 bits per heavy atom. The van der Waals surface area contributed by atoms with Crippen molar-refractivity contribution in [2.45, 2.75) is 44.9 Å². The lowest BCUT2D eigenvalue weighted by molar-refractivity contribution is -0.136. The average Bonchev–Trinajstić information content (AvgIpc) is 3.03. The van der Waals surface area contributed by atoms with Crippen molar-refractivity contribution in [2.75, 3.05) is 13.7 Å². The first-order chi connectivity index (χ1) is 12.1. The van der Waals surface area contributed by atoms with Crippen LogP contribution in [-0.4, -0.2) is 42.7 Å². The van der Waals surface area contributed by atoms with Crippen LogP contribution in [-0.2, 0) is 20.9 Å². The Balaban J connectivity index is 1.58. The quantitative estimate of drug-likeness (QED) is 0.636. The molecule has 1 aromatic carbocycles. The van der Waals surface area contributed by atoms with Gasteiger partial charge in [-0.2, -0.15) is 0 Å². The molecular weight excluding hydrogens is 320 g/mol. The number of amides is 2. The van der Waals surface area contributed by atoms with Crippen molar-refractivity contribution >= 4 is 12.0 Å². The van der Waals surface area contributed by atoms with E-state index in [-0.39, 0.29) is 24.1 Å². The summed E-state index contributed by atoms with van der Waals surface area (Å²) in [6, 6.07) is 9.75. The number of nitrogens with one attached hydrogen (secondary N) is 1. The molecule has 0 radical (unpaired) electrons. The molecule has 1 saturated heterocycles. The van der Waals surface area contributed by atoms with E-state index in [1.54, 1.807) is 11.8 Å². The number of esters is 1. The van der Waals surface area contributed by atoms with Gasteiger partial charge in [-0.1, -0.05) is 30.3 Å². The van der Waals surface area contributed by atoms with Crippen LogP contribution >= 0.6 is 0 Å². The molecular formula is C19H24N2O4. The molecule has 134 valence electrons. The lowest BCUT2D eigenvalue weighted by atomic mass is 10.0. The van der Waals surface area contributed by atoms with Crippen LogP contribution in [0.15, 0.2) is 41.6 Å². The molecule has 0 saturated carbocycles. The van der Waals surface area contributed by atoms with Crippen LogP contribution < -0.4 is 5.32 Å². The fraction of sp³-hybridized carbons (Fsp3) is 0.474. The Kier molecular flexibility index (Phi) is 5.38. The zero-order chi connectivity index (χ0) is 17.8. The number of benzene rings is 1. The molecule has 2 amide bonds. The van der Waals surface area contributed by atoms with Gasteiger partial charge in [-0.25, -0.2) is 9.59 Å². The average molecular weight is 344 g/mol. The number of rotatable bonds is 6. The highest BCUT2D eigenvalue weighted by Crippen LogP contribution is 2.34. The second-order valence-electron chi connectivity index (χ2n) is 6.44. The number of allylic oxidation sites excluding steroid dienone is 1. The molecule has 0 aromatic heterocycles. The summed E-state index contributed by atoms with van der Waals surface area (Å²) in [7, 11) is 1.37. The van der Waals surface area contributed by atoms with Gasteiger partial charge >= 0.3 is 12.0 Å². The molecule has 6 heteroatoms. The van der Waals surface area contributed by atoms with E-state index in [1.807, 2.05) is 30.3 Å². The van der Waals surface area contributed by atoms with Gasteiger partial charge in [-0.15, -0.1) is 0 Å². The summed E-state index contributed by atoms with van der Waals surface area (Å²) in [5.41, 5.74) is 2.29. The second-order valence-corrected chi connectivity index (χ2v) is 6.44. The fourth-order valence-corrected chi connectivity index (χ4v) is 3.68. The van der Waals surface area contributed by atoms with Crippen LogP contribution in [0.4, 0.5) is 4.79 Å². The molecule has 0 aliphatic carbocycles. The van der Waals surface area contributed by atoms with Crippen LogP contribution in [0, 0.1) is 0 Å². The molecule has 2 aliphatic rings. The molecule has 3 rings (SSSR count). The van der Waals surface area contributed by atoms with Crippen LogP contribution in [0.25, 0.3) is 0 Å². The van der Waals surface area contributed by atoms with E-state index in [2.05, 4.69) is 5.32 Å². The summed E-state index contributed by atoms with van der Waals surface area (Å²) in [5, 5.41) is 2.79. The maximum atomic E-state index is 12.4. The third-order valence-electron chi connectivity index (χ3n) is 4.88. The lowest BCUT2D eigenvalue weighted by Crippen LogP contribution is -2.52. The SMILES string of the molecule is COC(=O)C1=C(C)NC(=O)N2C(CCOCc3ccccc3)CCC12. The van der Waals surface area contributed by atoms with Crippen LogP contribution in [0.2, 0.25) is 0 Å². The number of fused-ring (bicyclic) bond motifs is 1. The van der Waals surface area contributed by atoms with Crippen molar-refractivity contribution < 1.29 is 19.1 Å². The summed E-state index contributed by atoms with van der Waals surface area (Å²) < 4.78 is 10.6. The first-order valence-electron chi connectivity index (χ1n) is 8.62. The van der Waals surface area contributed by atoms with E-state index in [1.165, 1.54) is 7.11 Å². The Morgan fingerprint density at radius 1 is 1.28 bits per heavy atom. The summed E-state index contributed by atoms with van der Waals surface area (Å²) >= 11 is 0. The molecule has 1 fully saturated rings. The lowest BCUT2D eigenvalue weighted by Gasteiger charge is -2.35. The van der Waals surface area contributed by atoms with E-state index >= 15 is 0 Å². The van der Waals surface area contributed by atoms with Crippen molar-refractivity contribution in [1.82, 2.24) is 10.2 Å². The topological polar surface area (TPSA) is 67.9 Å². The minimum absolute atomic E-state index is 0.0773. The Morgan fingerprint density at radius 2 is 2.04 bits per heavy atom. The van der Waals surface area contributed by atoms with Gasteiger partial charge in [0.05, 0.1) is 25.3 Å². The highest BCUT2D eigenvalue weighted by Gasteiger charge is 2.44. The highest BCUT2D eigenvalue weighted by molar-refractivity contribution is 5.94. The number of nitrogens with zero attached hydrogens (tertiary/aromatic N) is 1. The zero-order valence-electron chi connectivity index (χ0n) is 14.7. The number of hydrogen-bond donors (Lipinski definition) is 1. The Labute approximate surface area is 147 Å². The molecule has 0 bridgehead atoms. The summed E-state index contributed by atoms with van der Waals surface area (Å²) in [5.74, 6) is -0.367. The molecule has 6 nitrogen and oxygen atoms in total. The standard InChI is InChI=1S/C19H24N2O4/c1-13-17(18(22)24-2)16-9-8-15(21(16)19(23)20-13)10-11-25-12-14-6-4-3-5-7-14/h3-7,15-16H,8-12H2,1-2H3,(H,20,23). The van der Waals surface area contributed by atoms with Crippen molar-refractivity contribution in [3.05, 3.63) is 47.2 Å². The van der Waals surface area contributed by atoms with E-state index in [0.29, 0.717) is 24.5 Å². The minimum Gasteiger partial charge on any atom is -0.466 e. The van der Waals surface area contributed by atoms with Crippen molar-refractivity contribution in [3.8, 4) is 0 Å². The molecule has 1 aromatic rings. The van der Waals surface area contributed by atoms with E-state index in [9.17, 15) is 9.59 Å². The third kappa shape index (κ3) is 3.69. The van der Waals surface area contributed by atoms with E-state index in [0.717, 1.165) is 24.8 Å². The van der Waals surface area contributed by atoms with Crippen molar-refractivity contribution in [3.63, 3.8) is 0 Å². The van der Waals surface area contributed by atoms with E-state index < -0.39 is 0 Å². The highest BCUT2D eigenvalue weighted by atomic mass is 16.5. The third-order valence-corrected chi connectivity index (χ3v) is 4.88. The maximum absolute atomic E-state index is 12.4. The van der Waals surface area contributed by atoms with Crippen molar-refractivity contribution in [1.29, 1.82) is 0 Å². The number of ether oxygens (including phenoxy) is 2. The Hall–Kier alpha value is -2.34. The van der Waals surface area contributed by atoms with Gasteiger partial charge in [0.15, 0.2) is 0 Å². The summed E-state index contributed by atoms with van der Waals surface area (Å²) in [4.78, 5) is 26.2. The molecule has 25 heavy (non-hydrogen) atoms. The monoisotopic (exact) mass is 344 g/mol. The number of hydrogen-bond acceptors (Lipinski definition) is 4. The number of carbonyl (C=O) groups excluding carboxylic acids is 2. The number of urea groups is 1. The van der Waals surface area contributed by atoms with Crippen LogP contribution in [0.1, 0.15) is 31.7 Å². The fourth-order valence-electron chi connectivity index (χ4n) is 3.68. The predicted molar refractivity (Wildman–Crippen MR) is 92.6 cm³/mol. The van der Waals surface area contributed by atoms with Gasteiger partial charge in [-0.3, -0.25) is 0 Å². The smallest absolute Gasteiger partial charge is 0.337 e. The van der Waals surface area contributed by atoms with Gasteiger partial charge in [0, 0.05) is 18.3 Å². The zero-order valence-corrected chi connectivity index (χ0v) is 14.7. The summed E-state index contributed by atoms with van der Waals surface area (Å²) in [6.45, 7) is 2.89.